The Morgan fingerprint density at radius 1 is 1.12 bits per heavy atom. The van der Waals surface area contributed by atoms with Gasteiger partial charge in [0.15, 0.2) is 11.5 Å². The first-order valence-electron chi connectivity index (χ1n) is 11.0. The Bertz CT molecular complexity index is 1150. The van der Waals surface area contributed by atoms with Gasteiger partial charge < -0.3 is 24.2 Å². The van der Waals surface area contributed by atoms with E-state index in [1.807, 2.05) is 25.1 Å². The second-order valence-corrected chi connectivity index (χ2v) is 7.82. The van der Waals surface area contributed by atoms with E-state index in [0.717, 1.165) is 24.2 Å². The van der Waals surface area contributed by atoms with Gasteiger partial charge in [0.25, 0.3) is 5.91 Å². The molecule has 8 nitrogen and oxygen atoms in total. The molecule has 2 aromatic carbocycles. The predicted octanol–water partition coefficient (Wildman–Crippen LogP) is 4.29. The second-order valence-electron chi connectivity index (χ2n) is 7.82. The maximum Gasteiger partial charge on any atom is 0.338 e. The molecule has 0 bridgehead atoms. The van der Waals surface area contributed by atoms with Crippen LogP contribution in [0.1, 0.15) is 45.8 Å². The maximum absolute atomic E-state index is 12.8. The third-order valence-corrected chi connectivity index (χ3v) is 5.67. The van der Waals surface area contributed by atoms with Crippen LogP contribution in [-0.4, -0.2) is 48.2 Å². The number of rotatable bonds is 8. The van der Waals surface area contributed by atoms with Crippen LogP contribution >= 0.6 is 0 Å². The van der Waals surface area contributed by atoms with Gasteiger partial charge in [-0.25, -0.2) is 4.79 Å². The van der Waals surface area contributed by atoms with Crippen molar-refractivity contribution in [2.75, 3.05) is 31.6 Å². The third-order valence-electron chi connectivity index (χ3n) is 5.67. The van der Waals surface area contributed by atoms with Crippen LogP contribution in [0.25, 0.3) is 11.3 Å². The molecule has 33 heavy (non-hydrogen) atoms. The van der Waals surface area contributed by atoms with Crippen molar-refractivity contribution in [3.63, 3.8) is 0 Å². The van der Waals surface area contributed by atoms with Crippen molar-refractivity contribution < 1.29 is 23.6 Å². The van der Waals surface area contributed by atoms with Crippen LogP contribution < -0.4 is 10.1 Å². The Morgan fingerprint density at radius 2 is 1.88 bits per heavy atom. The van der Waals surface area contributed by atoms with E-state index in [1.54, 1.807) is 24.3 Å². The molecule has 1 aromatic heterocycles. The van der Waals surface area contributed by atoms with Crippen molar-refractivity contribution in [3.8, 4) is 17.1 Å². The number of fused-ring (bicyclic) bond motifs is 3. The summed E-state index contributed by atoms with van der Waals surface area (Å²) in [7, 11) is 0. The number of likely N-dealkylation sites (N-methyl/N-ethyl adjacent to an activating group) is 1. The van der Waals surface area contributed by atoms with Crippen molar-refractivity contribution in [1.29, 1.82) is 0 Å². The molecule has 0 saturated heterocycles. The van der Waals surface area contributed by atoms with Crippen molar-refractivity contribution >= 4 is 17.6 Å². The molecule has 2 heterocycles. The topological polar surface area (TPSA) is 93.9 Å². The number of benzene rings is 2. The van der Waals surface area contributed by atoms with E-state index in [2.05, 4.69) is 29.2 Å². The Morgan fingerprint density at radius 3 is 2.61 bits per heavy atom. The number of nitrogens with zero attached hydrogens (tertiary/aromatic N) is 2. The molecule has 0 saturated carbocycles. The van der Waals surface area contributed by atoms with E-state index in [-0.39, 0.29) is 12.3 Å². The van der Waals surface area contributed by atoms with Crippen LogP contribution in [0.5, 0.6) is 5.75 Å². The molecule has 8 heteroatoms. The smallest absolute Gasteiger partial charge is 0.338 e. The number of carbonyl (C=O) groups excluding carboxylic acids is 2. The van der Waals surface area contributed by atoms with Gasteiger partial charge in [-0.1, -0.05) is 30.6 Å². The first-order valence-corrected chi connectivity index (χ1v) is 11.0. The Balaban J connectivity index is 1.40. The van der Waals surface area contributed by atoms with Crippen LogP contribution in [0, 0.1) is 6.92 Å². The lowest BCUT2D eigenvalue weighted by molar-refractivity contribution is 0.0466. The molecule has 1 amide bonds. The molecule has 1 aliphatic rings. The van der Waals surface area contributed by atoms with Gasteiger partial charge in [0.05, 0.1) is 16.7 Å². The first-order chi connectivity index (χ1) is 16.0. The number of ether oxygens (including phenoxy) is 2. The van der Waals surface area contributed by atoms with E-state index >= 15 is 0 Å². The van der Waals surface area contributed by atoms with Crippen LogP contribution in [-0.2, 0) is 11.3 Å². The lowest BCUT2D eigenvalue weighted by Gasteiger charge is -2.17. The monoisotopic (exact) mass is 449 g/mol. The van der Waals surface area contributed by atoms with Crippen molar-refractivity contribution in [2.24, 2.45) is 0 Å². The quantitative estimate of drug-likeness (QED) is 0.513. The van der Waals surface area contributed by atoms with Crippen LogP contribution in [0.2, 0.25) is 0 Å². The standard InChI is InChI=1S/C25H27N3O5/c1-4-28(5-2)12-13-31-25(30)17-7-9-18(10-8-17)26-24(29)22-20-15-32-21-11-6-16(3)14-19(21)23(20)33-27-22/h6-11,14H,4-5,12-13,15H2,1-3H3,(H,26,29). The summed E-state index contributed by atoms with van der Waals surface area (Å²) in [4.78, 5) is 27.2. The van der Waals surface area contributed by atoms with Crippen molar-refractivity contribution in [1.82, 2.24) is 10.1 Å². The maximum atomic E-state index is 12.8. The van der Waals surface area contributed by atoms with Gasteiger partial charge in [-0.15, -0.1) is 0 Å². The number of esters is 1. The molecule has 172 valence electrons. The van der Waals surface area contributed by atoms with E-state index in [9.17, 15) is 9.59 Å². The van der Waals surface area contributed by atoms with Crippen LogP contribution in [0.15, 0.2) is 47.0 Å². The molecule has 3 aromatic rings. The highest BCUT2D eigenvalue weighted by Crippen LogP contribution is 2.39. The zero-order valence-electron chi connectivity index (χ0n) is 19.0. The zero-order chi connectivity index (χ0) is 23.4. The van der Waals surface area contributed by atoms with E-state index in [1.165, 1.54) is 0 Å². The normalized spacial score (nSPS) is 12.0. The van der Waals surface area contributed by atoms with Crippen LogP contribution in [0.3, 0.4) is 0 Å². The molecule has 1 N–H and O–H groups in total. The summed E-state index contributed by atoms with van der Waals surface area (Å²) < 4.78 is 16.6. The fraction of sp³-hybridized carbons (Fsp3) is 0.320. The molecule has 0 unspecified atom stereocenters. The molecule has 0 radical (unpaired) electrons. The minimum absolute atomic E-state index is 0.178. The molecular weight excluding hydrogens is 422 g/mol. The number of hydrogen-bond donors (Lipinski definition) is 1. The number of aryl methyl sites for hydroxylation is 1. The van der Waals surface area contributed by atoms with Gasteiger partial charge in [-0.05, 0) is 56.4 Å². The number of hydrogen-bond acceptors (Lipinski definition) is 7. The third kappa shape index (κ3) is 4.90. The molecule has 0 atom stereocenters. The number of aromatic nitrogens is 1. The fourth-order valence-electron chi connectivity index (χ4n) is 3.70. The summed E-state index contributed by atoms with van der Waals surface area (Å²) in [6.45, 7) is 9.17. The highest BCUT2D eigenvalue weighted by Gasteiger charge is 2.29. The van der Waals surface area contributed by atoms with Crippen LogP contribution in [0.4, 0.5) is 5.69 Å². The lowest BCUT2D eigenvalue weighted by atomic mass is 10.0. The van der Waals surface area contributed by atoms with E-state index < -0.39 is 11.9 Å². The second kappa shape index (κ2) is 9.87. The Hall–Kier alpha value is -3.65. The van der Waals surface area contributed by atoms with Gasteiger partial charge in [0.1, 0.15) is 19.0 Å². The van der Waals surface area contributed by atoms with Gasteiger partial charge in [0.2, 0.25) is 0 Å². The van der Waals surface area contributed by atoms with Crippen molar-refractivity contribution in [3.05, 3.63) is 64.8 Å². The SMILES string of the molecule is CCN(CC)CCOC(=O)c1ccc(NC(=O)c2noc3c2COc2ccc(C)cc2-3)cc1. The summed E-state index contributed by atoms with van der Waals surface area (Å²) in [6, 6.07) is 12.3. The number of nitrogens with one attached hydrogen (secondary N) is 1. The Kier molecular flexibility index (Phi) is 6.74. The summed E-state index contributed by atoms with van der Waals surface area (Å²) in [5.74, 6) is 0.453. The highest BCUT2D eigenvalue weighted by atomic mass is 16.5. The fourth-order valence-corrected chi connectivity index (χ4v) is 3.70. The van der Waals surface area contributed by atoms with Gasteiger partial charge >= 0.3 is 5.97 Å². The minimum atomic E-state index is -0.408. The minimum Gasteiger partial charge on any atom is -0.488 e. The summed E-state index contributed by atoms with van der Waals surface area (Å²) >= 11 is 0. The molecule has 1 aliphatic heterocycles. The number of carbonyl (C=O) groups is 2. The van der Waals surface area contributed by atoms with Crippen molar-refractivity contribution in [2.45, 2.75) is 27.4 Å². The zero-order valence-corrected chi connectivity index (χ0v) is 19.0. The molecule has 0 fully saturated rings. The predicted molar refractivity (Wildman–Crippen MR) is 123 cm³/mol. The van der Waals surface area contributed by atoms with E-state index in [0.29, 0.717) is 41.5 Å². The van der Waals surface area contributed by atoms with Gasteiger partial charge in [0, 0.05) is 12.2 Å². The number of amides is 1. The van der Waals surface area contributed by atoms with Gasteiger partial charge in [-0.3, -0.25) is 4.79 Å². The average Bonchev–Trinajstić information content (AvgIpc) is 3.27. The lowest BCUT2D eigenvalue weighted by Crippen LogP contribution is -2.27. The van der Waals surface area contributed by atoms with Gasteiger partial charge in [-0.2, -0.15) is 0 Å². The molecule has 0 aliphatic carbocycles. The average molecular weight is 450 g/mol. The molecule has 0 spiro atoms. The summed E-state index contributed by atoms with van der Waals surface area (Å²) in [6.07, 6.45) is 0. The van der Waals surface area contributed by atoms with E-state index in [4.69, 9.17) is 14.0 Å². The highest BCUT2D eigenvalue weighted by molar-refractivity contribution is 6.05. The molecule has 4 rings (SSSR count). The number of anilines is 1. The largest absolute Gasteiger partial charge is 0.488 e. The molecular formula is C25H27N3O5. The summed E-state index contributed by atoms with van der Waals surface area (Å²) in [5, 5.41) is 6.78. The Labute approximate surface area is 192 Å². The summed E-state index contributed by atoms with van der Waals surface area (Å²) in [5.41, 5.74) is 3.58. The first kappa shape index (κ1) is 22.5.